The van der Waals surface area contributed by atoms with Gasteiger partial charge in [0.2, 0.25) is 5.91 Å². The molecule has 1 fully saturated rings. The lowest BCUT2D eigenvalue weighted by molar-refractivity contribution is -0.152. The standard InChI is InChI=1S/C12H11F2NO3/c13-9-3-1-2-7(11(9)14)4-10(16)15-5-8(6-15)12(17)18/h1-3,8H,4-6H2,(H,17,18). The summed E-state index contributed by atoms with van der Waals surface area (Å²) in [6.07, 6.45) is -0.254. The van der Waals surface area contributed by atoms with Crippen LogP contribution in [0, 0.1) is 17.6 Å². The van der Waals surface area contributed by atoms with E-state index in [2.05, 4.69) is 0 Å². The Morgan fingerprint density at radius 2 is 2.00 bits per heavy atom. The number of amides is 1. The molecule has 0 radical (unpaired) electrons. The number of benzene rings is 1. The van der Waals surface area contributed by atoms with Gasteiger partial charge in [-0.3, -0.25) is 9.59 Å². The molecule has 2 rings (SSSR count). The van der Waals surface area contributed by atoms with Crippen LogP contribution < -0.4 is 0 Å². The number of carbonyl (C=O) groups excluding carboxylic acids is 1. The van der Waals surface area contributed by atoms with Crippen molar-refractivity contribution in [3.8, 4) is 0 Å². The van der Waals surface area contributed by atoms with Gasteiger partial charge in [-0.2, -0.15) is 0 Å². The lowest BCUT2D eigenvalue weighted by Gasteiger charge is -2.36. The molecule has 1 N–H and O–H groups in total. The second-order valence-electron chi connectivity index (χ2n) is 4.22. The van der Waals surface area contributed by atoms with Crippen molar-refractivity contribution in [2.24, 2.45) is 5.92 Å². The summed E-state index contributed by atoms with van der Waals surface area (Å²) in [4.78, 5) is 23.6. The van der Waals surface area contributed by atoms with Crippen LogP contribution in [0.1, 0.15) is 5.56 Å². The smallest absolute Gasteiger partial charge is 0.310 e. The maximum Gasteiger partial charge on any atom is 0.310 e. The molecule has 1 aromatic carbocycles. The summed E-state index contributed by atoms with van der Waals surface area (Å²) < 4.78 is 26.2. The van der Waals surface area contributed by atoms with E-state index in [-0.39, 0.29) is 25.1 Å². The summed E-state index contributed by atoms with van der Waals surface area (Å²) >= 11 is 0. The van der Waals surface area contributed by atoms with Gasteiger partial charge in [-0.1, -0.05) is 12.1 Å². The van der Waals surface area contributed by atoms with E-state index in [1.54, 1.807) is 0 Å². The van der Waals surface area contributed by atoms with Gasteiger partial charge < -0.3 is 10.0 Å². The van der Waals surface area contributed by atoms with Crippen LogP contribution in [0.4, 0.5) is 8.78 Å². The number of nitrogens with zero attached hydrogens (tertiary/aromatic N) is 1. The minimum atomic E-state index is -1.03. The molecular formula is C12H11F2NO3. The summed E-state index contributed by atoms with van der Waals surface area (Å²) in [7, 11) is 0. The fraction of sp³-hybridized carbons (Fsp3) is 0.333. The molecule has 1 amide bonds. The summed E-state index contributed by atoms with van der Waals surface area (Å²) in [5, 5.41) is 8.66. The van der Waals surface area contributed by atoms with Crippen LogP contribution in [0.15, 0.2) is 18.2 Å². The second kappa shape index (κ2) is 4.72. The lowest BCUT2D eigenvalue weighted by Crippen LogP contribution is -2.53. The van der Waals surface area contributed by atoms with E-state index in [1.807, 2.05) is 0 Å². The number of aliphatic carboxylic acids is 1. The van der Waals surface area contributed by atoms with E-state index in [1.165, 1.54) is 17.0 Å². The third-order valence-corrected chi connectivity index (χ3v) is 2.96. The number of hydrogen-bond acceptors (Lipinski definition) is 2. The number of carbonyl (C=O) groups is 2. The summed E-state index contributed by atoms with van der Waals surface area (Å²) in [5.41, 5.74) is -0.0150. The Kier molecular flexibility index (Phi) is 3.27. The Morgan fingerprint density at radius 3 is 2.61 bits per heavy atom. The first kappa shape index (κ1) is 12.5. The zero-order valence-electron chi connectivity index (χ0n) is 9.40. The highest BCUT2D eigenvalue weighted by Crippen LogP contribution is 2.18. The van der Waals surface area contributed by atoms with Crippen LogP contribution in [-0.2, 0) is 16.0 Å². The SMILES string of the molecule is O=C(O)C1CN(C(=O)Cc2cccc(F)c2F)C1. The number of rotatable bonds is 3. The van der Waals surface area contributed by atoms with Gasteiger partial charge in [0.15, 0.2) is 11.6 Å². The monoisotopic (exact) mass is 255 g/mol. The Morgan fingerprint density at radius 1 is 1.33 bits per heavy atom. The molecular weight excluding hydrogens is 244 g/mol. The number of hydrogen-bond donors (Lipinski definition) is 1. The Hall–Kier alpha value is -1.98. The summed E-state index contributed by atoms with van der Waals surface area (Å²) in [6.45, 7) is 0.260. The topological polar surface area (TPSA) is 57.6 Å². The quantitative estimate of drug-likeness (QED) is 0.878. The third-order valence-electron chi connectivity index (χ3n) is 2.96. The van der Waals surface area contributed by atoms with Gasteiger partial charge in [-0.25, -0.2) is 8.78 Å². The molecule has 0 unspecified atom stereocenters. The van der Waals surface area contributed by atoms with Crippen molar-refractivity contribution in [2.45, 2.75) is 6.42 Å². The molecule has 0 spiro atoms. The van der Waals surface area contributed by atoms with Crippen LogP contribution in [0.2, 0.25) is 0 Å². The first-order chi connectivity index (χ1) is 8.49. The molecule has 1 aromatic rings. The van der Waals surface area contributed by atoms with Gasteiger partial charge >= 0.3 is 5.97 Å². The molecule has 6 heteroatoms. The van der Waals surface area contributed by atoms with Crippen LogP contribution in [0.25, 0.3) is 0 Å². The molecule has 1 heterocycles. The molecule has 1 saturated heterocycles. The van der Waals surface area contributed by atoms with Gasteiger partial charge in [0, 0.05) is 18.7 Å². The van der Waals surface area contributed by atoms with Crippen molar-refractivity contribution in [2.75, 3.05) is 13.1 Å². The van der Waals surface area contributed by atoms with Gasteiger partial charge in [-0.05, 0) is 6.07 Å². The van der Waals surface area contributed by atoms with E-state index in [9.17, 15) is 18.4 Å². The zero-order chi connectivity index (χ0) is 13.3. The Balaban J connectivity index is 1.97. The first-order valence-electron chi connectivity index (χ1n) is 5.42. The third kappa shape index (κ3) is 2.32. The minimum absolute atomic E-state index is 0.0150. The molecule has 1 aliphatic heterocycles. The van der Waals surface area contributed by atoms with Crippen molar-refractivity contribution >= 4 is 11.9 Å². The van der Waals surface area contributed by atoms with Crippen LogP contribution >= 0.6 is 0 Å². The lowest BCUT2D eigenvalue weighted by atomic mass is 9.99. The van der Waals surface area contributed by atoms with Gasteiger partial charge in [-0.15, -0.1) is 0 Å². The van der Waals surface area contributed by atoms with Crippen molar-refractivity contribution < 1.29 is 23.5 Å². The second-order valence-corrected chi connectivity index (χ2v) is 4.22. The molecule has 1 aliphatic rings. The van der Waals surface area contributed by atoms with Crippen molar-refractivity contribution in [1.29, 1.82) is 0 Å². The average Bonchev–Trinajstić information content (AvgIpc) is 2.22. The molecule has 0 saturated carbocycles. The van der Waals surface area contributed by atoms with E-state index in [0.29, 0.717) is 0 Å². The predicted octanol–water partition coefficient (Wildman–Crippen LogP) is 1.05. The minimum Gasteiger partial charge on any atom is -0.481 e. The highest BCUT2D eigenvalue weighted by atomic mass is 19.2. The molecule has 96 valence electrons. The largest absolute Gasteiger partial charge is 0.481 e. The fourth-order valence-corrected chi connectivity index (χ4v) is 1.80. The average molecular weight is 255 g/mol. The number of likely N-dealkylation sites (tertiary alicyclic amines) is 1. The van der Waals surface area contributed by atoms with Gasteiger partial charge in [0.1, 0.15) is 0 Å². The van der Waals surface area contributed by atoms with E-state index >= 15 is 0 Å². The summed E-state index contributed by atoms with van der Waals surface area (Å²) in [5.74, 6) is -3.91. The number of carboxylic acid groups (broad SMARTS) is 1. The molecule has 0 aromatic heterocycles. The molecule has 0 aliphatic carbocycles. The number of carboxylic acids is 1. The first-order valence-corrected chi connectivity index (χ1v) is 5.42. The Labute approximate surface area is 102 Å². The van der Waals surface area contributed by atoms with Crippen LogP contribution in [-0.4, -0.2) is 35.0 Å². The fourth-order valence-electron chi connectivity index (χ4n) is 1.80. The highest BCUT2D eigenvalue weighted by Gasteiger charge is 2.35. The van der Waals surface area contributed by atoms with Crippen LogP contribution in [0.3, 0.4) is 0 Å². The van der Waals surface area contributed by atoms with Gasteiger partial charge in [0.25, 0.3) is 0 Å². The van der Waals surface area contributed by atoms with E-state index in [0.717, 1.165) is 6.07 Å². The number of halogens is 2. The van der Waals surface area contributed by atoms with E-state index in [4.69, 9.17) is 5.11 Å². The highest BCUT2D eigenvalue weighted by molar-refractivity contribution is 5.82. The molecule has 0 atom stereocenters. The maximum atomic E-state index is 13.3. The summed E-state index contributed by atoms with van der Waals surface area (Å²) in [6, 6.07) is 3.65. The van der Waals surface area contributed by atoms with Crippen molar-refractivity contribution in [3.05, 3.63) is 35.4 Å². The zero-order valence-corrected chi connectivity index (χ0v) is 9.40. The normalized spacial score (nSPS) is 15.3. The molecule has 0 bridgehead atoms. The van der Waals surface area contributed by atoms with Crippen molar-refractivity contribution in [1.82, 2.24) is 4.90 Å². The molecule has 4 nitrogen and oxygen atoms in total. The van der Waals surface area contributed by atoms with Crippen LogP contribution in [0.5, 0.6) is 0 Å². The maximum absolute atomic E-state index is 13.3. The molecule has 18 heavy (non-hydrogen) atoms. The van der Waals surface area contributed by atoms with E-state index < -0.39 is 29.4 Å². The predicted molar refractivity (Wildman–Crippen MR) is 57.8 cm³/mol. The van der Waals surface area contributed by atoms with Gasteiger partial charge in [0.05, 0.1) is 12.3 Å². The van der Waals surface area contributed by atoms with Crippen molar-refractivity contribution in [3.63, 3.8) is 0 Å². The Bertz CT molecular complexity index is 498.